The van der Waals surface area contributed by atoms with E-state index in [1.54, 1.807) is 60.7 Å². The summed E-state index contributed by atoms with van der Waals surface area (Å²) in [6, 6.07) is 17.2. The van der Waals surface area contributed by atoms with Crippen LogP contribution in [-0.2, 0) is 69.2 Å². The summed E-state index contributed by atoms with van der Waals surface area (Å²) >= 11 is 0. The van der Waals surface area contributed by atoms with E-state index in [9.17, 15) is 45.6 Å². The number of alkyl halides is 6. The fourth-order valence-corrected chi connectivity index (χ4v) is 7.15. The molecular weight excluding hydrogens is 831 g/mol. The van der Waals surface area contributed by atoms with E-state index in [0.29, 0.717) is 11.1 Å². The number of ether oxygens (including phenoxy) is 8. The predicted octanol–water partition coefficient (Wildman–Crippen LogP) is 6.54. The summed E-state index contributed by atoms with van der Waals surface area (Å²) in [7, 11) is -4.93. The van der Waals surface area contributed by atoms with Crippen molar-refractivity contribution >= 4 is 20.1 Å². The van der Waals surface area contributed by atoms with Crippen molar-refractivity contribution in [1.82, 2.24) is 0 Å². The minimum absolute atomic E-state index is 0.169. The minimum Gasteiger partial charge on any atom is -0.429 e. The molecule has 2 saturated heterocycles. The Balaban J connectivity index is 1.49. The summed E-state index contributed by atoms with van der Waals surface area (Å²) in [5, 5.41) is 9.99. The average molecular weight is 874 g/mol. The largest absolute Gasteiger partial charge is 0.509 e. The molecule has 2 heterocycles. The van der Waals surface area contributed by atoms with Gasteiger partial charge in [-0.3, -0.25) is 13.6 Å². The van der Waals surface area contributed by atoms with Gasteiger partial charge < -0.3 is 47.8 Å². The average Bonchev–Trinajstić information content (AvgIpc) is 3.64. The smallest absolute Gasteiger partial charge is 0.429 e. The van der Waals surface area contributed by atoms with E-state index >= 15 is 0 Å². The van der Waals surface area contributed by atoms with Crippen molar-refractivity contribution in [2.75, 3.05) is 39.8 Å². The molecule has 0 saturated carbocycles. The molecule has 2 aliphatic heterocycles. The summed E-state index contributed by atoms with van der Waals surface area (Å²) in [5.41, 5.74) is 1.25. The molecule has 9 atom stereocenters. The van der Waals surface area contributed by atoms with E-state index in [0.717, 1.165) is 0 Å². The maximum Gasteiger partial charge on any atom is 0.509 e. The number of benzene rings is 2. The number of hydrogen-bond acceptors (Lipinski definition) is 15. The van der Waals surface area contributed by atoms with Gasteiger partial charge >= 0.3 is 32.5 Å². The third kappa shape index (κ3) is 14.6. The summed E-state index contributed by atoms with van der Waals surface area (Å²) in [6.45, 7) is 4.01. The van der Waals surface area contributed by atoms with Crippen LogP contribution >= 0.6 is 7.82 Å². The molecule has 3 unspecified atom stereocenters. The van der Waals surface area contributed by atoms with E-state index in [-0.39, 0.29) is 19.8 Å². The monoisotopic (exact) mass is 873 g/mol. The summed E-state index contributed by atoms with van der Waals surface area (Å²) in [6.07, 6.45) is -24.5. The van der Waals surface area contributed by atoms with Gasteiger partial charge in [0.2, 0.25) is 6.54 Å². The van der Waals surface area contributed by atoms with Gasteiger partial charge in [-0.05, 0) is 25.0 Å². The number of phosphoric acid groups is 1. The van der Waals surface area contributed by atoms with Crippen molar-refractivity contribution < 1.29 is 97.1 Å². The third-order valence-electron chi connectivity index (χ3n) is 8.65. The maximum absolute atomic E-state index is 14.2. The third-order valence-corrected chi connectivity index (χ3v) is 10.1. The number of rotatable bonds is 20. The SMILES string of the molecule is [C-]#[N+]CCOP(=O)(OC[C@H]1O[C@@H](C)C(OC(=O)OCc2ccccc2)[C@H]1OC(=O)OCc1ccccc1)O[C@@H]1C(OCOCC(C(F)(F)F)C(F)(F)F)[C@H](C)O[C@@H]1CO. The Bertz CT molecular complexity index is 1690. The number of nitrogens with zero attached hydrogens (tertiary/aromatic N) is 1. The number of phosphoric ester groups is 1. The molecule has 1 N–H and O–H groups in total. The predicted molar refractivity (Wildman–Crippen MR) is 186 cm³/mol. The van der Waals surface area contributed by atoms with E-state index < -0.39 is 120 Å². The molecule has 23 heteroatoms. The number of carbonyl (C=O) groups is 2. The molecule has 0 aromatic heterocycles. The van der Waals surface area contributed by atoms with Crippen LogP contribution in [0.3, 0.4) is 0 Å². The molecule has 0 spiro atoms. The van der Waals surface area contributed by atoms with E-state index in [1.165, 1.54) is 13.8 Å². The number of aliphatic hydroxyl groups excluding tert-OH is 1. The Hall–Kier alpha value is -4.04. The quantitative estimate of drug-likeness (QED) is 0.0379. The van der Waals surface area contributed by atoms with Crippen molar-refractivity contribution in [3.05, 3.63) is 83.2 Å². The van der Waals surface area contributed by atoms with Crippen molar-refractivity contribution in [1.29, 1.82) is 0 Å². The Morgan fingerprint density at radius 1 is 0.797 bits per heavy atom. The summed E-state index contributed by atoms with van der Waals surface area (Å²) in [5.74, 6) is -3.82. The molecule has 16 nitrogen and oxygen atoms in total. The van der Waals surface area contributed by atoms with Crippen LogP contribution in [0.15, 0.2) is 60.7 Å². The lowest BCUT2D eigenvalue weighted by Crippen LogP contribution is -2.42. The minimum atomic E-state index is -5.67. The highest BCUT2D eigenvalue weighted by molar-refractivity contribution is 7.48. The number of aliphatic hydroxyl groups is 1. The zero-order valence-electron chi connectivity index (χ0n) is 31.5. The van der Waals surface area contributed by atoms with Crippen molar-refractivity contribution in [2.45, 2.75) is 88.2 Å². The Kier molecular flexibility index (Phi) is 17.8. The standard InChI is InChI=1S/C36H42F6NO15P/c1-22-29(51-21-48-20-28(35(37,38)39)36(40,41)42)32(26(16-44)54-22)58-59(47,52-15-14-43-3)53-19-27-31(57-34(46)50-18-25-12-8-5-9-13-25)30(23(2)55-27)56-33(45)49-17-24-10-6-4-7-11-24/h4-13,22-23,26-32,44H,14-21H2,1-2H3/t22-,23-,26+,27+,29?,30?,31-,32-,59?/m0/s1. The van der Waals surface area contributed by atoms with Gasteiger partial charge in [-0.2, -0.15) is 26.3 Å². The highest BCUT2D eigenvalue weighted by atomic mass is 31.2. The van der Waals surface area contributed by atoms with Crippen LogP contribution < -0.4 is 0 Å². The topological polar surface area (TPSA) is 177 Å². The van der Waals surface area contributed by atoms with Gasteiger partial charge in [0.15, 0.2) is 18.1 Å². The normalized spacial score (nSPS) is 25.6. The van der Waals surface area contributed by atoms with Crippen molar-refractivity contribution in [2.24, 2.45) is 5.92 Å². The Morgan fingerprint density at radius 2 is 1.32 bits per heavy atom. The molecule has 4 rings (SSSR count). The van der Waals surface area contributed by atoms with Crippen molar-refractivity contribution in [3.8, 4) is 0 Å². The fraction of sp³-hybridized carbons (Fsp3) is 0.583. The lowest BCUT2D eigenvalue weighted by molar-refractivity contribution is -0.299. The van der Waals surface area contributed by atoms with E-state index in [1.807, 2.05) is 0 Å². The molecule has 2 aromatic carbocycles. The first-order valence-corrected chi connectivity index (χ1v) is 19.3. The van der Waals surface area contributed by atoms with E-state index in [4.69, 9.17) is 53.3 Å². The van der Waals surface area contributed by atoms with Crippen LogP contribution in [0, 0.1) is 12.5 Å². The molecule has 0 radical (unpaired) electrons. The molecule has 328 valence electrons. The van der Waals surface area contributed by atoms with Crippen LogP contribution in [-0.4, -0.2) is 118 Å². The summed E-state index contributed by atoms with van der Waals surface area (Å²) < 4.78 is 151. The number of halogens is 6. The second kappa shape index (κ2) is 22.0. The Labute approximate surface area is 334 Å². The van der Waals surface area contributed by atoms with Gasteiger partial charge in [0.25, 0.3) is 0 Å². The first-order valence-electron chi connectivity index (χ1n) is 17.8. The zero-order valence-corrected chi connectivity index (χ0v) is 32.3. The van der Waals surface area contributed by atoms with Gasteiger partial charge in [-0.15, -0.1) is 0 Å². The second-order valence-corrected chi connectivity index (χ2v) is 14.6. The fourth-order valence-electron chi connectivity index (χ4n) is 5.76. The van der Waals surface area contributed by atoms with Crippen molar-refractivity contribution in [3.63, 3.8) is 0 Å². The van der Waals surface area contributed by atoms with Gasteiger partial charge in [0.1, 0.15) is 51.0 Å². The molecule has 2 aliphatic rings. The highest BCUT2D eigenvalue weighted by Crippen LogP contribution is 2.53. The van der Waals surface area contributed by atoms with Crippen LogP contribution in [0.25, 0.3) is 4.85 Å². The van der Waals surface area contributed by atoms with Gasteiger partial charge in [-0.1, -0.05) is 60.7 Å². The lowest BCUT2D eigenvalue weighted by Gasteiger charge is -2.28. The molecule has 0 bridgehead atoms. The summed E-state index contributed by atoms with van der Waals surface area (Å²) in [4.78, 5) is 28.8. The van der Waals surface area contributed by atoms with Gasteiger partial charge in [0, 0.05) is 0 Å². The molecular formula is C36H42F6NO15P. The van der Waals surface area contributed by atoms with Gasteiger partial charge in [-0.25, -0.2) is 20.7 Å². The number of carbonyl (C=O) groups excluding carboxylic acids is 2. The molecule has 0 amide bonds. The molecule has 0 aliphatic carbocycles. The molecule has 2 fully saturated rings. The van der Waals surface area contributed by atoms with Crippen LogP contribution in [0.5, 0.6) is 0 Å². The van der Waals surface area contributed by atoms with Crippen LogP contribution in [0.4, 0.5) is 35.9 Å². The maximum atomic E-state index is 14.2. The van der Waals surface area contributed by atoms with Gasteiger partial charge in [0.05, 0.1) is 32.0 Å². The number of hydrogen-bond donors (Lipinski definition) is 1. The van der Waals surface area contributed by atoms with Crippen LogP contribution in [0.1, 0.15) is 25.0 Å². The molecule has 2 aromatic rings. The highest BCUT2D eigenvalue weighted by Gasteiger charge is 2.57. The first-order chi connectivity index (χ1) is 27.9. The van der Waals surface area contributed by atoms with Crippen LogP contribution in [0.2, 0.25) is 0 Å². The van der Waals surface area contributed by atoms with E-state index in [2.05, 4.69) is 9.58 Å². The Morgan fingerprint density at radius 3 is 1.85 bits per heavy atom. The molecule has 59 heavy (non-hydrogen) atoms. The zero-order chi connectivity index (χ0) is 43.2. The first kappa shape index (κ1) is 47.6. The lowest BCUT2D eigenvalue weighted by atomic mass is 10.1. The second-order valence-electron chi connectivity index (χ2n) is 12.9.